The molecule has 0 amide bonds. The van der Waals surface area contributed by atoms with Gasteiger partial charge in [-0.15, -0.1) is 0 Å². The SMILES string of the molecule is C=CN=CN=C.CC. The molecule has 8 heavy (non-hydrogen) atoms. The average Bonchev–Trinajstić information content (AvgIpc) is 1.88. The highest BCUT2D eigenvalue weighted by Gasteiger charge is 1.46. The lowest BCUT2D eigenvalue weighted by molar-refractivity contribution is 1.50. The predicted octanol–water partition coefficient (Wildman–Crippen LogP) is 1.89. The van der Waals surface area contributed by atoms with E-state index in [9.17, 15) is 0 Å². The molecule has 0 fully saturated rings. The molecule has 0 saturated carbocycles. The normalized spacial score (nSPS) is 7.25. The molecule has 0 aliphatic rings. The van der Waals surface area contributed by atoms with E-state index in [0.717, 1.165) is 0 Å². The number of rotatable bonds is 2. The van der Waals surface area contributed by atoms with Gasteiger partial charge in [-0.2, -0.15) is 0 Å². The van der Waals surface area contributed by atoms with E-state index in [-0.39, 0.29) is 0 Å². The maximum atomic E-state index is 3.50. The zero-order chi connectivity index (χ0) is 6.83. The Morgan fingerprint density at radius 2 is 1.88 bits per heavy atom. The Labute approximate surface area is 50.7 Å². The topological polar surface area (TPSA) is 24.7 Å². The van der Waals surface area contributed by atoms with Gasteiger partial charge in [0, 0.05) is 6.20 Å². The van der Waals surface area contributed by atoms with Gasteiger partial charge in [0.25, 0.3) is 0 Å². The summed E-state index contributed by atoms with van der Waals surface area (Å²) in [5, 5.41) is 0. The van der Waals surface area contributed by atoms with Gasteiger partial charge in [-0.25, -0.2) is 4.99 Å². The minimum Gasteiger partial charge on any atom is -0.253 e. The van der Waals surface area contributed by atoms with E-state index in [2.05, 4.69) is 23.3 Å². The number of hydrogen-bond donors (Lipinski definition) is 0. The van der Waals surface area contributed by atoms with Crippen molar-refractivity contribution in [1.82, 2.24) is 0 Å². The van der Waals surface area contributed by atoms with Crippen LogP contribution in [0.3, 0.4) is 0 Å². The van der Waals surface area contributed by atoms with Gasteiger partial charge < -0.3 is 0 Å². The average molecular weight is 112 g/mol. The quantitative estimate of drug-likeness (QED) is 0.385. The summed E-state index contributed by atoms with van der Waals surface area (Å²) < 4.78 is 0. The van der Waals surface area contributed by atoms with Crippen LogP contribution >= 0.6 is 0 Å². The van der Waals surface area contributed by atoms with Crippen molar-refractivity contribution in [3.05, 3.63) is 12.8 Å². The van der Waals surface area contributed by atoms with E-state index in [1.54, 1.807) is 0 Å². The van der Waals surface area contributed by atoms with Gasteiger partial charge in [0.2, 0.25) is 0 Å². The number of nitrogens with zero attached hydrogens (tertiary/aromatic N) is 2. The standard InChI is InChI=1S/C4H6N2.C2H6/c1-3-6-4-5-2;1-2/h3-4H,1-2H2;1-2H3. The summed E-state index contributed by atoms with van der Waals surface area (Å²) in [5.74, 6) is 0. The lowest BCUT2D eigenvalue weighted by Gasteiger charge is -1.63. The Balaban J connectivity index is 0. The lowest BCUT2D eigenvalue weighted by atomic mass is 11.0. The largest absolute Gasteiger partial charge is 0.253 e. The Hall–Kier alpha value is -0.920. The Morgan fingerprint density at radius 1 is 1.38 bits per heavy atom. The fourth-order valence-electron chi connectivity index (χ4n) is 0.0943. The number of hydrogen-bond acceptors (Lipinski definition) is 1. The summed E-state index contributed by atoms with van der Waals surface area (Å²) >= 11 is 0. The van der Waals surface area contributed by atoms with Crippen LogP contribution in [0.1, 0.15) is 13.8 Å². The predicted molar refractivity (Wildman–Crippen MR) is 39.6 cm³/mol. The molecule has 46 valence electrons. The van der Waals surface area contributed by atoms with Crippen LogP contribution < -0.4 is 0 Å². The molecule has 0 spiro atoms. The molecule has 0 rings (SSSR count). The van der Waals surface area contributed by atoms with E-state index in [4.69, 9.17) is 0 Å². The zero-order valence-electron chi connectivity index (χ0n) is 5.46. The third-order valence-corrected chi connectivity index (χ3v) is 0.254. The molecule has 0 unspecified atom stereocenters. The molecule has 2 nitrogen and oxygen atoms in total. The first-order valence-corrected chi connectivity index (χ1v) is 2.50. The Kier molecular flexibility index (Phi) is 21.0. The summed E-state index contributed by atoms with van der Waals surface area (Å²) in [6, 6.07) is 0. The molecule has 0 saturated heterocycles. The first-order chi connectivity index (χ1) is 3.91. The molecule has 0 aromatic carbocycles. The van der Waals surface area contributed by atoms with Gasteiger partial charge in [-0.1, -0.05) is 20.4 Å². The fraction of sp³-hybridized carbons (Fsp3) is 0.333. The van der Waals surface area contributed by atoms with Crippen molar-refractivity contribution < 1.29 is 0 Å². The van der Waals surface area contributed by atoms with Crippen molar-refractivity contribution in [2.45, 2.75) is 13.8 Å². The van der Waals surface area contributed by atoms with Gasteiger partial charge in [-0.3, -0.25) is 4.99 Å². The molecule has 0 bridgehead atoms. The molecule has 0 aromatic rings. The smallest absolute Gasteiger partial charge is 0.114 e. The van der Waals surface area contributed by atoms with E-state index in [1.807, 2.05) is 13.8 Å². The monoisotopic (exact) mass is 112 g/mol. The molecule has 0 radical (unpaired) electrons. The van der Waals surface area contributed by atoms with Crippen molar-refractivity contribution in [3.8, 4) is 0 Å². The summed E-state index contributed by atoms with van der Waals surface area (Å²) in [6.45, 7) is 10.5. The van der Waals surface area contributed by atoms with Crippen molar-refractivity contribution in [3.63, 3.8) is 0 Å². The summed E-state index contributed by atoms with van der Waals surface area (Å²) in [6.07, 6.45) is 2.72. The second kappa shape index (κ2) is 16.5. The van der Waals surface area contributed by atoms with Gasteiger partial charge >= 0.3 is 0 Å². The molecule has 2 heteroatoms. The van der Waals surface area contributed by atoms with Crippen LogP contribution in [-0.4, -0.2) is 13.1 Å². The van der Waals surface area contributed by atoms with E-state index >= 15 is 0 Å². The zero-order valence-corrected chi connectivity index (χ0v) is 5.46. The van der Waals surface area contributed by atoms with Crippen LogP contribution in [0, 0.1) is 0 Å². The van der Waals surface area contributed by atoms with Gasteiger partial charge in [0.15, 0.2) is 0 Å². The third-order valence-electron chi connectivity index (χ3n) is 0.254. The summed E-state index contributed by atoms with van der Waals surface area (Å²) in [7, 11) is 0. The van der Waals surface area contributed by atoms with Crippen LogP contribution in [0.25, 0.3) is 0 Å². The van der Waals surface area contributed by atoms with Gasteiger partial charge in [-0.05, 0) is 6.72 Å². The Bertz CT molecular complexity index is 64.6. The molecule has 0 aromatic heterocycles. The molecule has 0 heterocycles. The minimum atomic E-state index is 1.33. The molecular weight excluding hydrogens is 100 g/mol. The van der Waals surface area contributed by atoms with Gasteiger partial charge in [0.1, 0.15) is 6.34 Å². The van der Waals surface area contributed by atoms with Crippen LogP contribution in [0.4, 0.5) is 0 Å². The number of aliphatic imine (C=N–C) groups is 2. The molecular formula is C6H12N2. The molecule has 0 aliphatic heterocycles. The highest BCUT2D eigenvalue weighted by Crippen LogP contribution is 1.60. The molecule has 0 atom stereocenters. The third kappa shape index (κ3) is 19.5. The highest BCUT2D eigenvalue weighted by molar-refractivity contribution is 5.62. The van der Waals surface area contributed by atoms with Gasteiger partial charge in [0.05, 0.1) is 0 Å². The second-order valence-corrected chi connectivity index (χ2v) is 0.630. The summed E-state index contributed by atoms with van der Waals surface area (Å²) in [4.78, 5) is 6.81. The van der Waals surface area contributed by atoms with Crippen molar-refractivity contribution in [2.24, 2.45) is 9.98 Å². The lowest BCUT2D eigenvalue weighted by Crippen LogP contribution is -1.53. The van der Waals surface area contributed by atoms with E-state index in [0.29, 0.717) is 0 Å². The van der Waals surface area contributed by atoms with Crippen LogP contribution in [-0.2, 0) is 0 Å². The highest BCUT2D eigenvalue weighted by atomic mass is 14.8. The molecule has 0 aliphatic carbocycles. The first-order valence-electron chi connectivity index (χ1n) is 2.50. The molecule has 0 N–H and O–H groups in total. The van der Waals surface area contributed by atoms with E-state index < -0.39 is 0 Å². The maximum Gasteiger partial charge on any atom is 0.114 e. The van der Waals surface area contributed by atoms with E-state index in [1.165, 1.54) is 12.5 Å². The van der Waals surface area contributed by atoms with Crippen LogP contribution in [0.15, 0.2) is 22.8 Å². The first kappa shape index (κ1) is 10.1. The minimum absolute atomic E-state index is 1.33. The fourth-order valence-corrected chi connectivity index (χ4v) is 0.0943. The van der Waals surface area contributed by atoms with Crippen LogP contribution in [0.5, 0.6) is 0 Å². The summed E-state index contributed by atoms with van der Waals surface area (Å²) in [5.41, 5.74) is 0. The van der Waals surface area contributed by atoms with Crippen molar-refractivity contribution >= 4 is 13.1 Å². The van der Waals surface area contributed by atoms with Crippen molar-refractivity contribution in [2.75, 3.05) is 0 Å². The van der Waals surface area contributed by atoms with Crippen LogP contribution in [0.2, 0.25) is 0 Å². The van der Waals surface area contributed by atoms with Crippen molar-refractivity contribution in [1.29, 1.82) is 0 Å². The Morgan fingerprint density at radius 3 is 2.00 bits per heavy atom. The second-order valence-electron chi connectivity index (χ2n) is 0.630. The maximum absolute atomic E-state index is 3.50.